The molecule has 3 unspecified atom stereocenters. The van der Waals surface area contributed by atoms with E-state index in [9.17, 15) is 20.1 Å². The first-order valence-corrected chi connectivity index (χ1v) is 24.8. The molecule has 0 radical (unpaired) electrons. The lowest BCUT2D eigenvalue weighted by atomic mass is 10.0. The normalized spacial score (nSPS) is 13.7. The van der Waals surface area contributed by atoms with Gasteiger partial charge in [-0.2, -0.15) is 0 Å². The molecule has 56 heavy (non-hydrogen) atoms. The van der Waals surface area contributed by atoms with Crippen LogP contribution in [-0.4, -0.2) is 46.1 Å². The van der Waals surface area contributed by atoms with Gasteiger partial charge in [-0.25, -0.2) is 0 Å². The minimum Gasteiger partial charge on any atom is -0.394 e. The Morgan fingerprint density at radius 3 is 1.12 bits per heavy atom. The molecule has 4 N–H and O–H groups in total. The highest BCUT2D eigenvalue weighted by Gasteiger charge is 2.22. The molecule has 3 atom stereocenters. The minimum atomic E-state index is -1.10. The molecule has 0 aliphatic rings. The molecule has 0 fully saturated rings. The zero-order valence-electron chi connectivity index (χ0n) is 37.5. The van der Waals surface area contributed by atoms with Gasteiger partial charge in [0.05, 0.1) is 18.8 Å². The van der Waals surface area contributed by atoms with Crippen molar-refractivity contribution in [1.82, 2.24) is 5.32 Å². The van der Waals surface area contributed by atoms with E-state index in [0.29, 0.717) is 6.42 Å². The number of hydrogen-bond donors (Lipinski definition) is 4. The first-order valence-electron chi connectivity index (χ1n) is 24.8. The molecule has 1 amide bonds. The molecule has 0 aromatic carbocycles. The van der Waals surface area contributed by atoms with Crippen molar-refractivity contribution >= 4 is 5.91 Å². The van der Waals surface area contributed by atoms with Gasteiger partial charge in [-0.3, -0.25) is 4.79 Å². The highest BCUT2D eigenvalue weighted by molar-refractivity contribution is 5.80. The molecule has 0 aromatic rings. The predicted octanol–water partition coefficient (Wildman–Crippen LogP) is 14.7. The number of aliphatic hydroxyl groups excluding tert-OH is 3. The van der Waals surface area contributed by atoms with E-state index in [4.69, 9.17) is 0 Å². The van der Waals surface area contributed by atoms with E-state index in [-0.39, 0.29) is 6.61 Å². The van der Waals surface area contributed by atoms with Crippen LogP contribution < -0.4 is 5.32 Å². The van der Waals surface area contributed by atoms with Crippen LogP contribution in [0.5, 0.6) is 0 Å². The summed E-state index contributed by atoms with van der Waals surface area (Å²) in [6.07, 6.45) is 59.0. The van der Waals surface area contributed by atoms with Gasteiger partial charge in [0.2, 0.25) is 5.91 Å². The second-order valence-corrected chi connectivity index (χ2v) is 17.1. The van der Waals surface area contributed by atoms with Crippen LogP contribution in [0.15, 0.2) is 36.5 Å². The largest absolute Gasteiger partial charge is 0.394 e. The van der Waals surface area contributed by atoms with Crippen molar-refractivity contribution in [3.8, 4) is 0 Å². The summed E-state index contributed by atoms with van der Waals surface area (Å²) in [4.78, 5) is 12.5. The maximum absolute atomic E-state index is 12.5. The van der Waals surface area contributed by atoms with E-state index in [1.807, 2.05) is 6.08 Å². The van der Waals surface area contributed by atoms with Crippen molar-refractivity contribution in [2.24, 2.45) is 0 Å². The number of rotatable bonds is 45. The lowest BCUT2D eigenvalue weighted by molar-refractivity contribution is -0.131. The molecule has 0 rings (SSSR count). The van der Waals surface area contributed by atoms with E-state index in [0.717, 1.165) is 32.1 Å². The van der Waals surface area contributed by atoms with Crippen LogP contribution in [-0.2, 0) is 4.79 Å². The van der Waals surface area contributed by atoms with Crippen molar-refractivity contribution in [3.05, 3.63) is 36.5 Å². The summed E-state index contributed by atoms with van der Waals surface area (Å²) in [5.41, 5.74) is 0. The van der Waals surface area contributed by atoms with Crippen molar-refractivity contribution in [2.45, 2.75) is 276 Å². The molecule has 0 bridgehead atoms. The zero-order chi connectivity index (χ0) is 40.8. The van der Waals surface area contributed by atoms with Gasteiger partial charge in [0.15, 0.2) is 0 Å². The van der Waals surface area contributed by atoms with Gasteiger partial charge >= 0.3 is 0 Å². The average Bonchev–Trinajstić information content (AvgIpc) is 3.20. The topological polar surface area (TPSA) is 89.8 Å². The van der Waals surface area contributed by atoms with Crippen LogP contribution in [0.4, 0.5) is 0 Å². The molecule has 0 heterocycles. The Morgan fingerprint density at radius 1 is 0.446 bits per heavy atom. The van der Waals surface area contributed by atoms with E-state index in [1.54, 1.807) is 6.08 Å². The third kappa shape index (κ3) is 40.8. The average molecular weight is 788 g/mol. The lowest BCUT2D eigenvalue weighted by Crippen LogP contribution is -2.48. The number of unbranched alkanes of at least 4 members (excludes halogenated alkanes) is 34. The predicted molar refractivity (Wildman–Crippen MR) is 245 cm³/mol. The smallest absolute Gasteiger partial charge is 0.249 e. The van der Waals surface area contributed by atoms with E-state index in [2.05, 4.69) is 43.5 Å². The van der Waals surface area contributed by atoms with Gasteiger partial charge in [0.25, 0.3) is 0 Å². The van der Waals surface area contributed by atoms with Gasteiger partial charge < -0.3 is 20.6 Å². The monoisotopic (exact) mass is 788 g/mol. The van der Waals surface area contributed by atoms with E-state index in [1.165, 1.54) is 205 Å². The fraction of sp³-hybridized carbons (Fsp3) is 0.863. The number of carbonyl (C=O) groups excluding carboxylic acids is 1. The van der Waals surface area contributed by atoms with Gasteiger partial charge in [-0.15, -0.1) is 0 Å². The molecule has 0 aliphatic carbocycles. The summed E-state index contributed by atoms with van der Waals surface area (Å²) in [5.74, 6) is -0.506. The molecule has 0 aromatic heterocycles. The first kappa shape index (κ1) is 54.6. The Labute approximate surface area is 349 Å². The van der Waals surface area contributed by atoms with Crippen molar-refractivity contribution < 1.29 is 20.1 Å². The third-order valence-corrected chi connectivity index (χ3v) is 11.5. The molecule has 0 saturated carbocycles. The summed E-state index contributed by atoms with van der Waals surface area (Å²) >= 11 is 0. The van der Waals surface area contributed by atoms with Gasteiger partial charge in [-0.05, 0) is 44.9 Å². The van der Waals surface area contributed by atoms with Crippen LogP contribution in [0.25, 0.3) is 0 Å². The highest BCUT2D eigenvalue weighted by Crippen LogP contribution is 2.16. The van der Waals surface area contributed by atoms with Crippen molar-refractivity contribution in [3.63, 3.8) is 0 Å². The van der Waals surface area contributed by atoms with Gasteiger partial charge in [-0.1, -0.05) is 249 Å². The van der Waals surface area contributed by atoms with Crippen molar-refractivity contribution in [2.75, 3.05) is 6.61 Å². The van der Waals surface area contributed by atoms with Gasteiger partial charge in [0, 0.05) is 0 Å². The summed E-state index contributed by atoms with van der Waals surface area (Å²) in [6.45, 7) is 4.17. The Balaban J connectivity index is 3.62. The second-order valence-electron chi connectivity index (χ2n) is 17.1. The molecule has 0 aliphatic heterocycles. The highest BCUT2D eigenvalue weighted by atomic mass is 16.3. The van der Waals surface area contributed by atoms with Crippen LogP contribution >= 0.6 is 0 Å². The zero-order valence-corrected chi connectivity index (χ0v) is 37.5. The van der Waals surface area contributed by atoms with Crippen molar-refractivity contribution in [1.29, 1.82) is 0 Å². The lowest BCUT2D eigenvalue weighted by Gasteiger charge is -2.21. The molecule has 5 heteroatoms. The van der Waals surface area contributed by atoms with Crippen LogP contribution in [0.1, 0.15) is 258 Å². The van der Waals surface area contributed by atoms with Crippen LogP contribution in [0.3, 0.4) is 0 Å². The number of amides is 1. The Kier molecular flexibility index (Phi) is 45.1. The SMILES string of the molecule is CCCCC/C=C\C=C/CCCCCCCCCCCC(O)C(=O)NC(CO)C(O)/C=C/CCCCCCCCCCCCCCCCCCCCCCCC. The number of carbonyl (C=O) groups is 1. The number of allylic oxidation sites excluding steroid dienone is 5. The minimum absolute atomic E-state index is 0.364. The third-order valence-electron chi connectivity index (χ3n) is 11.5. The maximum Gasteiger partial charge on any atom is 0.249 e. The first-order chi connectivity index (χ1) is 27.6. The molecular formula is C51H97NO4. The van der Waals surface area contributed by atoms with Crippen LogP contribution in [0.2, 0.25) is 0 Å². The Bertz CT molecular complexity index is 870. The molecule has 330 valence electrons. The molecule has 5 nitrogen and oxygen atoms in total. The molecule has 0 saturated heterocycles. The Morgan fingerprint density at radius 2 is 0.750 bits per heavy atom. The molecular weight excluding hydrogens is 691 g/mol. The summed E-state index contributed by atoms with van der Waals surface area (Å²) in [6, 6.07) is -0.800. The fourth-order valence-electron chi connectivity index (χ4n) is 7.59. The van der Waals surface area contributed by atoms with Crippen LogP contribution in [0, 0.1) is 0 Å². The molecule has 0 spiro atoms. The summed E-state index contributed by atoms with van der Waals surface area (Å²) in [7, 11) is 0. The number of aliphatic hydroxyl groups is 3. The number of hydrogen-bond acceptors (Lipinski definition) is 4. The Hall–Kier alpha value is -1.43. The standard InChI is InChI=1S/C51H97NO4/c1-3-5-7-9-11-13-15-17-19-21-23-24-25-26-27-28-30-31-33-35-37-39-41-43-45-49(54)48(47-53)52-51(56)50(55)46-44-42-40-38-36-34-32-29-22-20-18-16-14-12-10-8-6-4-2/h12,14,16,18,43,45,48-50,53-55H,3-11,13,15,17,19-42,44,46-47H2,1-2H3,(H,52,56)/b14-12-,18-16-,45-43+. The second kappa shape index (κ2) is 46.3. The van der Waals surface area contributed by atoms with E-state index < -0.39 is 24.2 Å². The summed E-state index contributed by atoms with van der Waals surface area (Å²) in [5, 5.41) is 33.3. The fourth-order valence-corrected chi connectivity index (χ4v) is 7.59. The summed E-state index contributed by atoms with van der Waals surface area (Å²) < 4.78 is 0. The quantitative estimate of drug-likeness (QED) is 0.0281. The van der Waals surface area contributed by atoms with Gasteiger partial charge in [0.1, 0.15) is 6.10 Å². The maximum atomic E-state index is 12.5. The number of nitrogens with one attached hydrogen (secondary N) is 1. The van der Waals surface area contributed by atoms with E-state index >= 15 is 0 Å².